The van der Waals surface area contributed by atoms with Gasteiger partial charge >= 0.3 is 0 Å². The number of aromatic nitrogens is 3. The molecule has 1 aromatic heterocycles. The Morgan fingerprint density at radius 3 is 2.44 bits per heavy atom. The van der Waals surface area contributed by atoms with Crippen LogP contribution in [0, 0.1) is 11.7 Å². The fourth-order valence-electron chi connectivity index (χ4n) is 3.61. The van der Waals surface area contributed by atoms with Gasteiger partial charge in [-0.25, -0.2) is 4.39 Å². The Labute approximate surface area is 157 Å². The van der Waals surface area contributed by atoms with Crippen LogP contribution in [0.5, 0.6) is 0 Å². The van der Waals surface area contributed by atoms with Crippen LogP contribution in [0.3, 0.4) is 0 Å². The van der Waals surface area contributed by atoms with Crippen molar-refractivity contribution in [2.75, 3.05) is 13.1 Å². The minimum absolute atomic E-state index is 0.0603. The third-order valence-electron chi connectivity index (χ3n) is 5.15. The summed E-state index contributed by atoms with van der Waals surface area (Å²) < 4.78 is 14.8. The lowest BCUT2D eigenvalue weighted by atomic mass is 9.90. The van der Waals surface area contributed by atoms with Gasteiger partial charge < -0.3 is 4.90 Å². The molecule has 0 spiro atoms. The van der Waals surface area contributed by atoms with Crippen molar-refractivity contribution in [1.29, 1.82) is 0 Å². The van der Waals surface area contributed by atoms with E-state index in [-0.39, 0.29) is 11.7 Å². The molecule has 4 rings (SSSR count). The average molecular weight is 364 g/mol. The molecule has 1 saturated heterocycles. The molecule has 138 valence electrons. The predicted molar refractivity (Wildman–Crippen MR) is 100 cm³/mol. The van der Waals surface area contributed by atoms with Crippen molar-refractivity contribution in [3.63, 3.8) is 0 Å². The minimum atomic E-state index is -0.201. The molecule has 6 heteroatoms. The van der Waals surface area contributed by atoms with Crippen molar-refractivity contribution < 1.29 is 9.18 Å². The highest BCUT2D eigenvalue weighted by Gasteiger charge is 2.24. The van der Waals surface area contributed by atoms with Gasteiger partial charge in [0.05, 0.1) is 0 Å². The van der Waals surface area contributed by atoms with Crippen LogP contribution in [-0.2, 0) is 6.42 Å². The molecule has 2 heterocycles. The fourth-order valence-corrected chi connectivity index (χ4v) is 3.61. The van der Waals surface area contributed by atoms with Gasteiger partial charge in [0.25, 0.3) is 5.91 Å². The first-order valence-electron chi connectivity index (χ1n) is 9.18. The molecule has 1 aliphatic heterocycles. The van der Waals surface area contributed by atoms with E-state index >= 15 is 0 Å². The van der Waals surface area contributed by atoms with E-state index < -0.39 is 0 Å². The third-order valence-corrected chi connectivity index (χ3v) is 5.15. The van der Waals surface area contributed by atoms with Crippen LogP contribution >= 0.6 is 0 Å². The molecular weight excluding hydrogens is 343 g/mol. The number of amides is 1. The molecule has 0 unspecified atom stereocenters. The molecule has 2 aromatic carbocycles. The molecule has 0 aliphatic carbocycles. The zero-order valence-corrected chi connectivity index (χ0v) is 15.0. The lowest BCUT2D eigenvalue weighted by molar-refractivity contribution is 0.0690. The maximum absolute atomic E-state index is 13.0. The van der Waals surface area contributed by atoms with Crippen molar-refractivity contribution >= 4 is 5.91 Å². The monoisotopic (exact) mass is 364 g/mol. The van der Waals surface area contributed by atoms with Gasteiger partial charge in [0.2, 0.25) is 0 Å². The molecule has 0 atom stereocenters. The van der Waals surface area contributed by atoms with Crippen molar-refractivity contribution in [1.82, 2.24) is 19.7 Å². The van der Waals surface area contributed by atoms with Crippen molar-refractivity contribution in [3.05, 3.63) is 78.1 Å². The normalized spacial score (nSPS) is 15.1. The number of rotatable bonds is 4. The van der Waals surface area contributed by atoms with Gasteiger partial charge in [-0.3, -0.25) is 9.36 Å². The van der Waals surface area contributed by atoms with Gasteiger partial charge in [-0.05, 0) is 61.1 Å². The number of halogens is 1. The maximum Gasteiger partial charge on any atom is 0.253 e. The number of hydrogen-bond acceptors (Lipinski definition) is 3. The molecule has 5 nitrogen and oxygen atoms in total. The first-order valence-corrected chi connectivity index (χ1v) is 9.18. The van der Waals surface area contributed by atoms with Crippen molar-refractivity contribution in [3.8, 4) is 5.69 Å². The molecule has 0 saturated carbocycles. The van der Waals surface area contributed by atoms with Crippen LogP contribution in [-0.4, -0.2) is 38.7 Å². The largest absolute Gasteiger partial charge is 0.339 e. The Balaban J connectivity index is 1.37. The van der Waals surface area contributed by atoms with E-state index in [0.717, 1.165) is 43.6 Å². The number of hydrogen-bond donors (Lipinski definition) is 0. The van der Waals surface area contributed by atoms with Crippen LogP contribution < -0.4 is 0 Å². The molecule has 0 radical (unpaired) electrons. The summed E-state index contributed by atoms with van der Waals surface area (Å²) in [7, 11) is 0. The standard InChI is InChI=1S/C21H21FN4O/c22-19-6-4-16(5-7-19)12-17-8-10-25(11-9-17)21(27)18-2-1-3-20(13-18)26-14-23-24-15-26/h1-7,13-15,17H,8-12H2. The number of benzene rings is 2. The predicted octanol–water partition coefficient (Wildman–Crippen LogP) is 3.50. The summed E-state index contributed by atoms with van der Waals surface area (Å²) in [6, 6.07) is 14.2. The Bertz CT molecular complexity index is 900. The van der Waals surface area contributed by atoms with Crippen LogP contribution in [0.15, 0.2) is 61.2 Å². The lowest BCUT2D eigenvalue weighted by Crippen LogP contribution is -2.38. The van der Waals surface area contributed by atoms with Gasteiger partial charge in [-0.1, -0.05) is 18.2 Å². The SMILES string of the molecule is O=C(c1cccc(-n2cnnc2)c1)N1CCC(Cc2ccc(F)cc2)CC1. The second-order valence-electron chi connectivity index (χ2n) is 6.99. The van der Waals surface area contributed by atoms with Crippen LogP contribution in [0.2, 0.25) is 0 Å². The second-order valence-corrected chi connectivity index (χ2v) is 6.99. The lowest BCUT2D eigenvalue weighted by Gasteiger charge is -2.32. The summed E-state index contributed by atoms with van der Waals surface area (Å²) in [5.41, 5.74) is 2.71. The van der Waals surface area contributed by atoms with Gasteiger partial charge in [-0.15, -0.1) is 10.2 Å². The first kappa shape index (κ1) is 17.4. The fraction of sp³-hybridized carbons (Fsp3) is 0.286. The molecule has 3 aromatic rings. The Morgan fingerprint density at radius 1 is 1.04 bits per heavy atom. The maximum atomic E-state index is 13.0. The van der Waals surface area contributed by atoms with E-state index in [1.54, 1.807) is 17.2 Å². The minimum Gasteiger partial charge on any atom is -0.339 e. The van der Waals surface area contributed by atoms with Gasteiger partial charge in [0, 0.05) is 24.3 Å². The molecular formula is C21H21FN4O. The second kappa shape index (κ2) is 7.70. The summed E-state index contributed by atoms with van der Waals surface area (Å²) in [5.74, 6) is 0.390. The zero-order valence-electron chi connectivity index (χ0n) is 15.0. The van der Waals surface area contributed by atoms with Crippen LogP contribution in [0.25, 0.3) is 5.69 Å². The van der Waals surface area contributed by atoms with Crippen LogP contribution in [0.4, 0.5) is 4.39 Å². The van der Waals surface area contributed by atoms with E-state index in [9.17, 15) is 9.18 Å². The van der Waals surface area contributed by atoms with Gasteiger partial charge in [0.15, 0.2) is 0 Å². The summed E-state index contributed by atoms with van der Waals surface area (Å²) in [6.07, 6.45) is 6.10. The number of nitrogens with zero attached hydrogens (tertiary/aromatic N) is 4. The smallest absolute Gasteiger partial charge is 0.253 e. The van der Waals surface area contributed by atoms with E-state index in [1.165, 1.54) is 12.1 Å². The van der Waals surface area contributed by atoms with Crippen molar-refractivity contribution in [2.24, 2.45) is 5.92 Å². The van der Waals surface area contributed by atoms with E-state index in [2.05, 4.69) is 10.2 Å². The van der Waals surface area contributed by atoms with E-state index in [4.69, 9.17) is 0 Å². The number of piperidine rings is 1. The topological polar surface area (TPSA) is 51.0 Å². The summed E-state index contributed by atoms with van der Waals surface area (Å²) in [5, 5.41) is 7.61. The average Bonchev–Trinajstić information content (AvgIpc) is 3.25. The summed E-state index contributed by atoms with van der Waals surface area (Å²) in [4.78, 5) is 14.8. The zero-order chi connectivity index (χ0) is 18.6. The molecule has 1 aliphatic rings. The van der Waals surface area contributed by atoms with E-state index in [1.807, 2.05) is 41.3 Å². The van der Waals surface area contributed by atoms with Gasteiger partial charge in [-0.2, -0.15) is 0 Å². The molecule has 0 N–H and O–H groups in total. The van der Waals surface area contributed by atoms with Crippen molar-refractivity contribution in [2.45, 2.75) is 19.3 Å². The molecule has 27 heavy (non-hydrogen) atoms. The third kappa shape index (κ3) is 4.05. The molecule has 1 fully saturated rings. The summed E-state index contributed by atoms with van der Waals surface area (Å²) in [6.45, 7) is 1.50. The van der Waals surface area contributed by atoms with Crippen LogP contribution in [0.1, 0.15) is 28.8 Å². The Hall–Kier alpha value is -3.02. The Morgan fingerprint density at radius 2 is 1.74 bits per heavy atom. The molecule has 1 amide bonds. The molecule has 0 bridgehead atoms. The quantitative estimate of drug-likeness (QED) is 0.712. The number of carbonyl (C=O) groups is 1. The highest BCUT2D eigenvalue weighted by molar-refractivity contribution is 5.94. The number of carbonyl (C=O) groups excluding carboxylic acids is 1. The first-order chi connectivity index (χ1) is 13.2. The van der Waals surface area contributed by atoms with E-state index in [0.29, 0.717) is 11.5 Å². The summed E-state index contributed by atoms with van der Waals surface area (Å²) >= 11 is 0. The Kier molecular flexibility index (Phi) is 4.96. The highest BCUT2D eigenvalue weighted by Crippen LogP contribution is 2.23. The highest BCUT2D eigenvalue weighted by atomic mass is 19.1. The number of likely N-dealkylation sites (tertiary alicyclic amines) is 1. The van der Waals surface area contributed by atoms with Gasteiger partial charge in [0.1, 0.15) is 18.5 Å².